The van der Waals surface area contributed by atoms with Gasteiger partial charge in [-0.1, -0.05) is 29.8 Å². The van der Waals surface area contributed by atoms with Crippen molar-refractivity contribution < 1.29 is 9.53 Å². The molecule has 0 unspecified atom stereocenters. The molecule has 0 aliphatic carbocycles. The van der Waals surface area contributed by atoms with Gasteiger partial charge >= 0.3 is 0 Å². The molecule has 2 heterocycles. The van der Waals surface area contributed by atoms with E-state index in [-0.39, 0.29) is 12.5 Å². The number of para-hydroxylation sites is 2. The summed E-state index contributed by atoms with van der Waals surface area (Å²) in [5.74, 6) is 1.30. The van der Waals surface area contributed by atoms with Gasteiger partial charge in [-0.25, -0.2) is 9.50 Å². The monoisotopic (exact) mass is 421 g/mol. The van der Waals surface area contributed by atoms with Crippen molar-refractivity contribution in [2.75, 3.05) is 12.0 Å². The topological polar surface area (TPSA) is 72.6 Å². The van der Waals surface area contributed by atoms with Crippen LogP contribution in [-0.4, -0.2) is 32.6 Å². The average Bonchev–Trinajstić information content (AvgIpc) is 3.14. The van der Waals surface area contributed by atoms with Gasteiger partial charge in [0.1, 0.15) is 5.75 Å². The van der Waals surface area contributed by atoms with E-state index in [4.69, 9.17) is 16.3 Å². The molecule has 30 heavy (non-hydrogen) atoms. The van der Waals surface area contributed by atoms with Crippen LogP contribution in [0.5, 0.6) is 5.75 Å². The Morgan fingerprint density at radius 1 is 1.10 bits per heavy atom. The van der Waals surface area contributed by atoms with Crippen LogP contribution in [0.4, 0.5) is 5.69 Å². The third-order valence-corrected chi connectivity index (χ3v) is 4.89. The zero-order chi connectivity index (χ0) is 21.3. The molecule has 0 bridgehead atoms. The van der Waals surface area contributed by atoms with Crippen molar-refractivity contribution in [1.82, 2.24) is 19.6 Å². The number of aromatic nitrogens is 4. The predicted molar refractivity (Wildman–Crippen MR) is 115 cm³/mol. The lowest BCUT2D eigenvalue weighted by Crippen LogP contribution is -2.31. The summed E-state index contributed by atoms with van der Waals surface area (Å²) >= 11 is 6.11. The molecule has 0 atom stereocenters. The zero-order valence-electron chi connectivity index (χ0n) is 16.8. The summed E-state index contributed by atoms with van der Waals surface area (Å²) in [4.78, 5) is 24.0. The lowest BCUT2D eigenvalue weighted by molar-refractivity contribution is 0.0983. The summed E-state index contributed by atoms with van der Waals surface area (Å²) in [7, 11) is 1.57. The smallest absolute Gasteiger partial charge is 0.258 e. The molecule has 0 radical (unpaired) electrons. The molecular formula is C22H20ClN5O2. The molecule has 0 spiro atoms. The lowest BCUT2D eigenvalue weighted by atomic mass is 10.1. The molecule has 0 aliphatic rings. The van der Waals surface area contributed by atoms with Gasteiger partial charge in [0, 0.05) is 22.0 Å². The van der Waals surface area contributed by atoms with Crippen molar-refractivity contribution in [2.24, 2.45) is 0 Å². The number of rotatable bonds is 5. The van der Waals surface area contributed by atoms with E-state index in [1.54, 1.807) is 46.9 Å². The maximum absolute atomic E-state index is 13.4. The number of carbonyl (C=O) groups excluding carboxylic acids is 1. The summed E-state index contributed by atoms with van der Waals surface area (Å²) in [6.45, 7) is 3.99. The molecule has 152 valence electrons. The van der Waals surface area contributed by atoms with Crippen LogP contribution in [0.2, 0.25) is 5.02 Å². The van der Waals surface area contributed by atoms with Crippen molar-refractivity contribution in [3.63, 3.8) is 0 Å². The van der Waals surface area contributed by atoms with Gasteiger partial charge < -0.3 is 4.74 Å². The number of nitrogens with zero attached hydrogens (tertiary/aromatic N) is 5. The Labute approximate surface area is 178 Å². The number of amides is 1. The van der Waals surface area contributed by atoms with Crippen LogP contribution in [0.3, 0.4) is 0 Å². The first-order valence-corrected chi connectivity index (χ1v) is 9.74. The van der Waals surface area contributed by atoms with Crippen LogP contribution >= 0.6 is 11.6 Å². The van der Waals surface area contributed by atoms with E-state index in [1.807, 2.05) is 38.1 Å². The van der Waals surface area contributed by atoms with Crippen LogP contribution < -0.4 is 9.64 Å². The second-order valence-electron chi connectivity index (χ2n) is 6.85. The van der Waals surface area contributed by atoms with E-state index in [2.05, 4.69) is 15.1 Å². The Morgan fingerprint density at radius 2 is 1.90 bits per heavy atom. The fraction of sp³-hybridized carbons (Fsp3) is 0.182. The van der Waals surface area contributed by atoms with Gasteiger partial charge in [0.25, 0.3) is 11.7 Å². The van der Waals surface area contributed by atoms with E-state index in [0.29, 0.717) is 33.6 Å². The summed E-state index contributed by atoms with van der Waals surface area (Å²) in [6, 6.07) is 16.1. The quantitative estimate of drug-likeness (QED) is 0.481. The normalized spacial score (nSPS) is 10.9. The van der Waals surface area contributed by atoms with Gasteiger partial charge in [-0.3, -0.25) is 9.69 Å². The highest BCUT2D eigenvalue weighted by Crippen LogP contribution is 2.30. The third-order valence-electron chi connectivity index (χ3n) is 4.65. The molecule has 2 aromatic heterocycles. The van der Waals surface area contributed by atoms with Crippen molar-refractivity contribution in [3.05, 3.63) is 82.4 Å². The fourth-order valence-corrected chi connectivity index (χ4v) is 3.50. The largest absolute Gasteiger partial charge is 0.495 e. The molecule has 2 aromatic carbocycles. The minimum atomic E-state index is -0.235. The van der Waals surface area contributed by atoms with E-state index in [9.17, 15) is 4.79 Å². The minimum absolute atomic E-state index is 0.146. The maximum atomic E-state index is 13.4. The summed E-state index contributed by atoms with van der Waals surface area (Å²) < 4.78 is 7.16. The van der Waals surface area contributed by atoms with Crippen molar-refractivity contribution in [2.45, 2.75) is 20.4 Å². The van der Waals surface area contributed by atoms with Gasteiger partial charge in [-0.15, -0.1) is 5.10 Å². The van der Waals surface area contributed by atoms with Gasteiger partial charge in [0.05, 0.1) is 19.3 Å². The standard InChI is InChI=1S/C22H20ClN5O2/c1-14-11-15(2)28-22(24-14)25-20(26-28)13-27(18-9-4-5-10-19(18)30-3)21(29)16-7-6-8-17(23)12-16/h4-12H,13H2,1-3H3. The summed E-state index contributed by atoms with van der Waals surface area (Å²) in [6.07, 6.45) is 0. The molecule has 0 saturated carbocycles. The molecule has 0 aliphatic heterocycles. The summed E-state index contributed by atoms with van der Waals surface area (Å²) in [5, 5.41) is 5.04. The zero-order valence-corrected chi connectivity index (χ0v) is 17.6. The highest BCUT2D eigenvalue weighted by molar-refractivity contribution is 6.31. The SMILES string of the molecule is COc1ccccc1N(Cc1nc2nc(C)cc(C)n2n1)C(=O)c1cccc(Cl)c1. The molecule has 7 nitrogen and oxygen atoms in total. The number of halogens is 1. The number of methoxy groups -OCH3 is 1. The highest BCUT2D eigenvalue weighted by atomic mass is 35.5. The molecule has 4 rings (SSSR count). The lowest BCUT2D eigenvalue weighted by Gasteiger charge is -2.23. The molecule has 8 heteroatoms. The van der Waals surface area contributed by atoms with E-state index in [1.165, 1.54) is 0 Å². The summed E-state index contributed by atoms with van der Waals surface area (Å²) in [5.41, 5.74) is 2.85. The number of hydrogen-bond donors (Lipinski definition) is 0. The molecule has 0 fully saturated rings. The number of hydrogen-bond acceptors (Lipinski definition) is 5. The average molecular weight is 422 g/mol. The predicted octanol–water partition coefficient (Wildman–Crippen LogP) is 4.25. The third kappa shape index (κ3) is 3.84. The maximum Gasteiger partial charge on any atom is 0.258 e. The van der Waals surface area contributed by atoms with Crippen molar-refractivity contribution >= 4 is 29.0 Å². The minimum Gasteiger partial charge on any atom is -0.495 e. The van der Waals surface area contributed by atoms with Gasteiger partial charge in [-0.2, -0.15) is 4.98 Å². The Balaban J connectivity index is 1.79. The molecular weight excluding hydrogens is 402 g/mol. The Morgan fingerprint density at radius 3 is 2.67 bits per heavy atom. The second-order valence-corrected chi connectivity index (χ2v) is 7.29. The van der Waals surface area contributed by atoms with Crippen LogP contribution in [0.25, 0.3) is 5.78 Å². The van der Waals surface area contributed by atoms with Crippen molar-refractivity contribution in [1.29, 1.82) is 0 Å². The molecule has 1 amide bonds. The first kappa shape index (κ1) is 19.8. The van der Waals surface area contributed by atoms with Crippen LogP contribution in [-0.2, 0) is 6.54 Å². The molecule has 0 N–H and O–H groups in total. The van der Waals surface area contributed by atoms with Crippen LogP contribution in [0, 0.1) is 13.8 Å². The molecule has 0 saturated heterocycles. The van der Waals surface area contributed by atoms with Crippen molar-refractivity contribution in [3.8, 4) is 5.75 Å². The van der Waals surface area contributed by atoms with Gasteiger partial charge in [0.15, 0.2) is 5.82 Å². The van der Waals surface area contributed by atoms with E-state index >= 15 is 0 Å². The van der Waals surface area contributed by atoms with Gasteiger partial charge in [-0.05, 0) is 50.2 Å². The number of carbonyl (C=O) groups is 1. The van der Waals surface area contributed by atoms with E-state index < -0.39 is 0 Å². The number of aryl methyl sites for hydroxylation is 2. The number of benzene rings is 2. The van der Waals surface area contributed by atoms with Gasteiger partial charge in [0.2, 0.25) is 0 Å². The fourth-order valence-electron chi connectivity index (χ4n) is 3.31. The molecule has 4 aromatic rings. The number of ether oxygens (including phenoxy) is 1. The number of anilines is 1. The first-order valence-electron chi connectivity index (χ1n) is 9.36. The Hall–Kier alpha value is -3.45. The second kappa shape index (κ2) is 8.12. The van der Waals surface area contributed by atoms with E-state index in [0.717, 1.165) is 11.4 Å². The number of fused-ring (bicyclic) bond motifs is 1. The highest BCUT2D eigenvalue weighted by Gasteiger charge is 2.23. The Kier molecular flexibility index (Phi) is 5.37. The Bertz CT molecular complexity index is 1240. The first-order chi connectivity index (χ1) is 14.5. The van der Waals surface area contributed by atoms with Crippen LogP contribution in [0.15, 0.2) is 54.6 Å². The van der Waals surface area contributed by atoms with Crippen LogP contribution in [0.1, 0.15) is 27.6 Å².